The maximum atomic E-state index is 8.41. The van der Waals surface area contributed by atoms with Gasteiger partial charge in [-0.25, -0.2) is 0 Å². The van der Waals surface area contributed by atoms with Crippen molar-refractivity contribution in [1.82, 2.24) is 5.32 Å². The zero-order valence-corrected chi connectivity index (χ0v) is 5.72. The summed E-state index contributed by atoms with van der Waals surface area (Å²) in [5, 5.41) is 11.2. The van der Waals surface area contributed by atoms with Gasteiger partial charge in [0.25, 0.3) is 0 Å². The molecule has 2 N–H and O–H groups in total. The molecule has 0 amide bonds. The van der Waals surface area contributed by atoms with E-state index in [0.717, 1.165) is 12.1 Å². The molecule has 9 heavy (non-hydrogen) atoms. The number of rotatable bonds is 4. The largest absolute Gasteiger partial charge is 0.377 e. The first-order valence-electron chi connectivity index (χ1n) is 3.01. The van der Waals surface area contributed by atoms with Gasteiger partial charge < -0.3 is 10.4 Å². The topological polar surface area (TPSA) is 32.3 Å². The van der Waals surface area contributed by atoms with E-state index in [2.05, 4.69) is 11.9 Å². The quantitative estimate of drug-likeness (QED) is 0.436. The van der Waals surface area contributed by atoms with Crippen molar-refractivity contribution in [2.75, 3.05) is 6.73 Å². The lowest BCUT2D eigenvalue weighted by molar-refractivity contribution is 0.273. The standard InChI is InChI=1S/C7H13NO/c1-3-5-7(4-2)8-6-9/h3,5,8-9H,1,4,6H2,2H3/b7-5+. The van der Waals surface area contributed by atoms with Crippen molar-refractivity contribution in [3.63, 3.8) is 0 Å². The molecule has 0 radical (unpaired) electrons. The van der Waals surface area contributed by atoms with E-state index >= 15 is 0 Å². The monoisotopic (exact) mass is 127 g/mol. The van der Waals surface area contributed by atoms with Gasteiger partial charge in [-0.15, -0.1) is 0 Å². The normalized spacial score (nSPS) is 11.1. The van der Waals surface area contributed by atoms with Gasteiger partial charge in [0.05, 0.1) is 0 Å². The Morgan fingerprint density at radius 3 is 2.78 bits per heavy atom. The first kappa shape index (κ1) is 8.24. The summed E-state index contributed by atoms with van der Waals surface area (Å²) in [5.74, 6) is 0. The van der Waals surface area contributed by atoms with Gasteiger partial charge in [0.1, 0.15) is 6.73 Å². The lowest BCUT2D eigenvalue weighted by Gasteiger charge is -2.02. The second-order valence-corrected chi connectivity index (χ2v) is 1.62. The van der Waals surface area contributed by atoms with Crippen LogP contribution in [0.4, 0.5) is 0 Å². The smallest absolute Gasteiger partial charge is 0.113 e. The maximum absolute atomic E-state index is 8.41. The van der Waals surface area contributed by atoms with Gasteiger partial charge in [-0.1, -0.05) is 19.6 Å². The van der Waals surface area contributed by atoms with Crippen molar-refractivity contribution in [3.8, 4) is 0 Å². The molecule has 0 unspecified atom stereocenters. The summed E-state index contributed by atoms with van der Waals surface area (Å²) in [6.07, 6.45) is 4.43. The van der Waals surface area contributed by atoms with Gasteiger partial charge in [-0.05, 0) is 12.5 Å². The molecule has 0 aromatic heterocycles. The molecule has 0 bridgehead atoms. The van der Waals surface area contributed by atoms with Crippen molar-refractivity contribution >= 4 is 0 Å². The van der Waals surface area contributed by atoms with Crippen molar-refractivity contribution in [3.05, 3.63) is 24.4 Å². The molecule has 0 aliphatic carbocycles. The van der Waals surface area contributed by atoms with Gasteiger partial charge in [0.15, 0.2) is 0 Å². The molecule has 2 nitrogen and oxygen atoms in total. The highest BCUT2D eigenvalue weighted by atomic mass is 16.3. The number of allylic oxidation sites excluding steroid dienone is 3. The lowest BCUT2D eigenvalue weighted by Crippen LogP contribution is -2.12. The fourth-order valence-electron chi connectivity index (χ4n) is 0.546. The zero-order valence-electron chi connectivity index (χ0n) is 5.72. The Kier molecular flexibility index (Phi) is 4.92. The summed E-state index contributed by atoms with van der Waals surface area (Å²) < 4.78 is 0. The van der Waals surface area contributed by atoms with Crippen LogP contribution in [0.15, 0.2) is 24.4 Å². The average molecular weight is 127 g/mol. The van der Waals surface area contributed by atoms with E-state index in [9.17, 15) is 0 Å². The van der Waals surface area contributed by atoms with Crippen LogP contribution in [-0.2, 0) is 0 Å². The number of hydrogen-bond donors (Lipinski definition) is 2. The SMILES string of the molecule is C=C/C=C(\CC)NCO. The summed E-state index contributed by atoms with van der Waals surface area (Å²) in [4.78, 5) is 0. The van der Waals surface area contributed by atoms with E-state index in [1.807, 2.05) is 13.0 Å². The molecule has 0 spiro atoms. The molecule has 0 saturated carbocycles. The van der Waals surface area contributed by atoms with Crippen LogP contribution in [0.2, 0.25) is 0 Å². The second-order valence-electron chi connectivity index (χ2n) is 1.62. The van der Waals surface area contributed by atoms with E-state index in [1.54, 1.807) is 6.08 Å². The molecule has 0 aliphatic rings. The van der Waals surface area contributed by atoms with Crippen molar-refractivity contribution in [1.29, 1.82) is 0 Å². The predicted octanol–water partition coefficient (Wildman–Crippen LogP) is 1.01. The van der Waals surface area contributed by atoms with Crippen LogP contribution in [-0.4, -0.2) is 11.8 Å². The molecular formula is C7H13NO. The second kappa shape index (κ2) is 5.38. The van der Waals surface area contributed by atoms with Gasteiger partial charge in [0.2, 0.25) is 0 Å². The highest BCUT2D eigenvalue weighted by Gasteiger charge is 1.85. The first-order chi connectivity index (χ1) is 4.35. The average Bonchev–Trinajstić information content (AvgIpc) is 1.88. The minimum atomic E-state index is -0.00644. The van der Waals surface area contributed by atoms with Crippen LogP contribution in [0.5, 0.6) is 0 Å². The minimum Gasteiger partial charge on any atom is -0.377 e. The van der Waals surface area contributed by atoms with Crippen LogP contribution >= 0.6 is 0 Å². The fraction of sp³-hybridized carbons (Fsp3) is 0.429. The highest BCUT2D eigenvalue weighted by Crippen LogP contribution is 1.93. The Balaban J connectivity index is 3.66. The zero-order chi connectivity index (χ0) is 7.11. The molecule has 0 aromatic carbocycles. The summed E-state index contributed by atoms with van der Waals surface area (Å²) in [6.45, 7) is 5.54. The third kappa shape index (κ3) is 3.79. The number of aliphatic hydroxyl groups excluding tert-OH is 1. The molecule has 0 rings (SSSR count). The lowest BCUT2D eigenvalue weighted by atomic mass is 10.3. The molecule has 0 heterocycles. The van der Waals surface area contributed by atoms with E-state index in [0.29, 0.717) is 0 Å². The summed E-state index contributed by atoms with van der Waals surface area (Å²) in [6, 6.07) is 0. The number of nitrogens with one attached hydrogen (secondary N) is 1. The summed E-state index contributed by atoms with van der Waals surface area (Å²) >= 11 is 0. The van der Waals surface area contributed by atoms with Gasteiger partial charge in [-0.3, -0.25) is 0 Å². The Hall–Kier alpha value is -0.760. The Labute approximate surface area is 55.9 Å². The third-order valence-corrected chi connectivity index (χ3v) is 1.01. The summed E-state index contributed by atoms with van der Waals surface area (Å²) in [5.41, 5.74) is 1.01. The van der Waals surface area contributed by atoms with E-state index in [4.69, 9.17) is 5.11 Å². The number of hydrogen-bond acceptors (Lipinski definition) is 2. The van der Waals surface area contributed by atoms with Crippen LogP contribution in [0.3, 0.4) is 0 Å². The summed E-state index contributed by atoms with van der Waals surface area (Å²) in [7, 11) is 0. The Bertz CT molecular complexity index is 107. The van der Waals surface area contributed by atoms with E-state index in [-0.39, 0.29) is 6.73 Å². The van der Waals surface area contributed by atoms with E-state index < -0.39 is 0 Å². The first-order valence-corrected chi connectivity index (χ1v) is 3.01. The van der Waals surface area contributed by atoms with Crippen LogP contribution in [0, 0.1) is 0 Å². The fourth-order valence-corrected chi connectivity index (χ4v) is 0.546. The predicted molar refractivity (Wildman–Crippen MR) is 38.8 cm³/mol. The third-order valence-electron chi connectivity index (χ3n) is 1.01. The maximum Gasteiger partial charge on any atom is 0.113 e. The Morgan fingerprint density at radius 1 is 1.78 bits per heavy atom. The minimum absolute atomic E-state index is 0.00644. The van der Waals surface area contributed by atoms with Crippen molar-refractivity contribution in [2.45, 2.75) is 13.3 Å². The van der Waals surface area contributed by atoms with Crippen LogP contribution in [0.25, 0.3) is 0 Å². The molecule has 0 atom stereocenters. The van der Waals surface area contributed by atoms with Gasteiger partial charge >= 0.3 is 0 Å². The molecule has 0 aliphatic heterocycles. The Morgan fingerprint density at radius 2 is 2.44 bits per heavy atom. The molecule has 0 saturated heterocycles. The van der Waals surface area contributed by atoms with Gasteiger partial charge in [-0.2, -0.15) is 0 Å². The molecule has 0 aromatic rings. The van der Waals surface area contributed by atoms with Crippen molar-refractivity contribution < 1.29 is 5.11 Å². The van der Waals surface area contributed by atoms with E-state index in [1.165, 1.54) is 0 Å². The van der Waals surface area contributed by atoms with Crippen LogP contribution < -0.4 is 5.32 Å². The van der Waals surface area contributed by atoms with Crippen molar-refractivity contribution in [2.24, 2.45) is 0 Å². The molecule has 2 heteroatoms. The molecule has 0 fully saturated rings. The number of aliphatic hydroxyl groups is 1. The van der Waals surface area contributed by atoms with Gasteiger partial charge in [0, 0.05) is 5.70 Å². The molecular weight excluding hydrogens is 114 g/mol. The van der Waals surface area contributed by atoms with Crippen LogP contribution in [0.1, 0.15) is 13.3 Å². The highest BCUT2D eigenvalue weighted by molar-refractivity contribution is 5.07. The molecule has 52 valence electrons.